The maximum absolute atomic E-state index is 13.0. The van der Waals surface area contributed by atoms with Crippen molar-refractivity contribution in [1.29, 1.82) is 0 Å². The second kappa shape index (κ2) is 13.3. The first-order valence-corrected chi connectivity index (χ1v) is 16.2. The fourth-order valence-corrected chi connectivity index (χ4v) is 6.49. The van der Waals surface area contributed by atoms with E-state index in [1.165, 1.54) is 35.6 Å². The summed E-state index contributed by atoms with van der Waals surface area (Å²) in [6.07, 6.45) is -4.30. The Morgan fingerprint density at radius 3 is 2.14 bits per heavy atom. The summed E-state index contributed by atoms with van der Waals surface area (Å²) in [6.45, 7) is 2.45. The number of anilines is 1. The lowest BCUT2D eigenvalue weighted by Crippen LogP contribution is -2.32. The summed E-state index contributed by atoms with van der Waals surface area (Å²) in [4.78, 5) is 4.60. The van der Waals surface area contributed by atoms with Gasteiger partial charge in [-0.25, -0.2) is 13.4 Å². The zero-order chi connectivity index (χ0) is 31.3. The highest BCUT2D eigenvalue weighted by molar-refractivity contribution is 7.92. The Morgan fingerprint density at radius 1 is 0.864 bits per heavy atom. The minimum atomic E-state index is -4.41. The zero-order valence-electron chi connectivity index (χ0n) is 23.6. The highest BCUT2D eigenvalue weighted by atomic mass is 32.2. The molecule has 0 spiro atoms. The Bertz CT molecular complexity index is 1780. The van der Waals surface area contributed by atoms with E-state index in [1.807, 2.05) is 49.4 Å². The molecule has 0 aliphatic rings. The summed E-state index contributed by atoms with van der Waals surface area (Å²) in [5.74, 6) is 0. The molecule has 0 fully saturated rings. The molecule has 0 aliphatic carbocycles. The zero-order valence-corrected chi connectivity index (χ0v) is 25.3. The van der Waals surface area contributed by atoms with Crippen molar-refractivity contribution in [2.24, 2.45) is 0 Å². The van der Waals surface area contributed by atoms with Gasteiger partial charge in [-0.1, -0.05) is 66.7 Å². The first-order valence-electron chi connectivity index (χ1n) is 13.8. The number of sulfonamides is 1. The van der Waals surface area contributed by atoms with Crippen LogP contribution >= 0.6 is 11.3 Å². The van der Waals surface area contributed by atoms with E-state index in [9.17, 15) is 26.7 Å². The first kappa shape index (κ1) is 31.4. The van der Waals surface area contributed by atoms with Crippen LogP contribution in [0.5, 0.6) is 0 Å². The van der Waals surface area contributed by atoms with Gasteiger partial charge in [-0.3, -0.25) is 4.72 Å². The molecule has 0 bridgehead atoms. The van der Waals surface area contributed by atoms with Gasteiger partial charge in [0.2, 0.25) is 0 Å². The standard InChI is InChI=1S/C33H30F3N3O3S2/c1-22(37-20-31(40)25-5-3-2-4-6-25)19-23-7-15-28(16-8-23)39-44(41,42)29-17-11-26(12-18-29)32-38-30(21-43-32)24-9-13-27(14-10-24)33(34,35)36/h2-18,21-22,31,37,39-40H,19-20H2,1H3. The molecule has 0 saturated carbocycles. The number of benzene rings is 4. The summed E-state index contributed by atoms with van der Waals surface area (Å²) in [5.41, 5.74) is 3.36. The van der Waals surface area contributed by atoms with Crippen molar-refractivity contribution < 1.29 is 26.7 Å². The molecule has 0 amide bonds. The number of aromatic nitrogens is 1. The number of aliphatic hydroxyl groups excluding tert-OH is 1. The molecule has 44 heavy (non-hydrogen) atoms. The summed E-state index contributed by atoms with van der Waals surface area (Å²) >= 11 is 1.32. The molecule has 0 aliphatic heterocycles. The average molecular weight is 638 g/mol. The third kappa shape index (κ3) is 7.92. The molecule has 1 heterocycles. The van der Waals surface area contributed by atoms with Crippen LogP contribution in [0.3, 0.4) is 0 Å². The number of rotatable bonds is 11. The van der Waals surface area contributed by atoms with Gasteiger partial charge >= 0.3 is 6.18 Å². The van der Waals surface area contributed by atoms with E-state index >= 15 is 0 Å². The summed E-state index contributed by atoms with van der Waals surface area (Å²) in [5, 5.41) is 16.1. The second-order valence-corrected chi connectivity index (χ2v) is 12.9. The number of nitrogens with zero attached hydrogens (tertiary/aromatic N) is 1. The predicted octanol–water partition coefficient (Wildman–Crippen LogP) is 7.55. The van der Waals surface area contributed by atoms with Gasteiger partial charge in [-0.05, 0) is 60.9 Å². The Kier molecular flexibility index (Phi) is 9.50. The highest BCUT2D eigenvalue weighted by Crippen LogP contribution is 2.33. The lowest BCUT2D eigenvalue weighted by molar-refractivity contribution is -0.137. The topological polar surface area (TPSA) is 91.3 Å². The van der Waals surface area contributed by atoms with Gasteiger partial charge < -0.3 is 10.4 Å². The van der Waals surface area contributed by atoms with E-state index < -0.39 is 27.9 Å². The number of hydrogen-bond acceptors (Lipinski definition) is 6. The normalized spacial score (nSPS) is 13.4. The van der Waals surface area contributed by atoms with Crippen LogP contribution in [0.1, 0.15) is 29.7 Å². The molecule has 11 heteroatoms. The molecule has 2 unspecified atom stereocenters. The molecule has 1 aromatic heterocycles. The van der Waals surface area contributed by atoms with Gasteiger partial charge in [-0.2, -0.15) is 13.2 Å². The molecule has 4 aromatic carbocycles. The monoisotopic (exact) mass is 637 g/mol. The Labute approximate surface area is 258 Å². The lowest BCUT2D eigenvalue weighted by atomic mass is 10.1. The van der Waals surface area contributed by atoms with E-state index in [2.05, 4.69) is 15.0 Å². The van der Waals surface area contributed by atoms with E-state index in [1.54, 1.807) is 29.6 Å². The van der Waals surface area contributed by atoms with Crippen LogP contribution in [0.4, 0.5) is 18.9 Å². The highest BCUT2D eigenvalue weighted by Gasteiger charge is 2.30. The number of hydrogen-bond donors (Lipinski definition) is 3. The predicted molar refractivity (Wildman–Crippen MR) is 168 cm³/mol. The van der Waals surface area contributed by atoms with Gasteiger partial charge in [0, 0.05) is 34.8 Å². The Hall–Kier alpha value is -4.03. The van der Waals surface area contributed by atoms with Crippen molar-refractivity contribution in [3.8, 4) is 21.8 Å². The molecule has 5 aromatic rings. The van der Waals surface area contributed by atoms with E-state index in [0.717, 1.165) is 23.3 Å². The smallest absolute Gasteiger partial charge is 0.387 e. The van der Waals surface area contributed by atoms with Crippen LogP contribution in [-0.2, 0) is 22.6 Å². The van der Waals surface area contributed by atoms with Crippen molar-refractivity contribution in [1.82, 2.24) is 10.3 Å². The average Bonchev–Trinajstić information content (AvgIpc) is 3.51. The van der Waals surface area contributed by atoms with E-state index in [0.29, 0.717) is 40.5 Å². The Balaban J connectivity index is 1.16. The number of halogens is 3. The largest absolute Gasteiger partial charge is 0.416 e. The van der Waals surface area contributed by atoms with Gasteiger partial charge in [0.1, 0.15) is 5.01 Å². The molecule has 0 saturated heterocycles. The molecule has 2 atom stereocenters. The van der Waals surface area contributed by atoms with Crippen molar-refractivity contribution in [2.75, 3.05) is 11.3 Å². The third-order valence-corrected chi connectivity index (χ3v) is 9.30. The summed E-state index contributed by atoms with van der Waals surface area (Å²) in [7, 11) is -3.85. The summed E-state index contributed by atoms with van der Waals surface area (Å²) in [6, 6.07) is 27.8. The lowest BCUT2D eigenvalue weighted by Gasteiger charge is -2.18. The van der Waals surface area contributed by atoms with Crippen LogP contribution in [0.15, 0.2) is 113 Å². The maximum Gasteiger partial charge on any atom is 0.416 e. The molecular formula is C33H30F3N3O3S2. The first-order chi connectivity index (χ1) is 21.0. The molecule has 3 N–H and O–H groups in total. The third-order valence-electron chi connectivity index (χ3n) is 7.02. The van der Waals surface area contributed by atoms with Gasteiger partial charge in [0.25, 0.3) is 10.0 Å². The van der Waals surface area contributed by atoms with Crippen LogP contribution in [0.25, 0.3) is 21.8 Å². The van der Waals surface area contributed by atoms with Crippen molar-refractivity contribution in [3.05, 3.63) is 125 Å². The van der Waals surface area contributed by atoms with Gasteiger partial charge in [0.05, 0.1) is 22.3 Å². The molecule has 6 nitrogen and oxygen atoms in total. The Morgan fingerprint density at radius 2 is 1.50 bits per heavy atom. The second-order valence-electron chi connectivity index (χ2n) is 10.4. The van der Waals surface area contributed by atoms with Crippen molar-refractivity contribution in [2.45, 2.75) is 36.6 Å². The van der Waals surface area contributed by atoms with Crippen molar-refractivity contribution in [3.63, 3.8) is 0 Å². The fourth-order valence-electron chi connectivity index (χ4n) is 4.60. The fraction of sp³-hybridized carbons (Fsp3) is 0.182. The van der Waals surface area contributed by atoms with Crippen LogP contribution in [0, 0.1) is 0 Å². The molecule has 228 valence electrons. The van der Waals surface area contributed by atoms with Gasteiger partial charge in [-0.15, -0.1) is 11.3 Å². The van der Waals surface area contributed by atoms with Crippen LogP contribution in [-0.4, -0.2) is 31.1 Å². The van der Waals surface area contributed by atoms with E-state index in [-0.39, 0.29) is 10.9 Å². The van der Waals surface area contributed by atoms with Crippen LogP contribution < -0.4 is 10.0 Å². The SMILES string of the molecule is CC(Cc1ccc(NS(=O)(=O)c2ccc(-c3nc(-c4ccc(C(F)(F)F)cc4)cs3)cc2)cc1)NCC(O)c1ccccc1. The minimum absolute atomic E-state index is 0.0830. The van der Waals surface area contributed by atoms with Crippen LogP contribution in [0.2, 0.25) is 0 Å². The number of alkyl halides is 3. The molecule has 5 rings (SSSR count). The summed E-state index contributed by atoms with van der Waals surface area (Å²) < 4.78 is 67.2. The number of thiazole rings is 1. The van der Waals surface area contributed by atoms with Gasteiger partial charge in [0.15, 0.2) is 0 Å². The number of aliphatic hydroxyl groups is 1. The molecular weight excluding hydrogens is 608 g/mol. The quantitative estimate of drug-likeness (QED) is 0.139. The van der Waals surface area contributed by atoms with E-state index in [4.69, 9.17) is 0 Å². The maximum atomic E-state index is 13.0. The molecule has 0 radical (unpaired) electrons. The minimum Gasteiger partial charge on any atom is -0.387 e. The van der Waals surface area contributed by atoms with Crippen molar-refractivity contribution >= 4 is 27.0 Å². The number of nitrogens with one attached hydrogen (secondary N) is 2.